The predicted molar refractivity (Wildman–Crippen MR) is 69.6 cm³/mol. The Morgan fingerprint density at radius 2 is 2.37 bits per heavy atom. The van der Waals surface area contributed by atoms with E-state index in [0.29, 0.717) is 30.4 Å². The van der Waals surface area contributed by atoms with Crippen molar-refractivity contribution in [2.45, 2.75) is 18.7 Å². The number of hydrogen-bond acceptors (Lipinski definition) is 5. The van der Waals surface area contributed by atoms with Gasteiger partial charge < -0.3 is 9.84 Å². The van der Waals surface area contributed by atoms with Crippen LogP contribution in [0.25, 0.3) is 11.6 Å². The van der Waals surface area contributed by atoms with Crippen molar-refractivity contribution in [2.24, 2.45) is 0 Å². The van der Waals surface area contributed by atoms with Crippen LogP contribution in [0.15, 0.2) is 28.9 Å². The number of carbonyl (C=O) groups is 1. The lowest BCUT2D eigenvalue weighted by molar-refractivity contribution is -0.120. The minimum atomic E-state index is -0.547. The molecule has 0 aliphatic heterocycles. The summed E-state index contributed by atoms with van der Waals surface area (Å²) in [7, 11) is 0. The largest absolute Gasteiger partial charge is 0.354 e. The number of nitrogens with one attached hydrogen (secondary N) is 1. The lowest BCUT2D eigenvalue weighted by Gasteiger charge is -2.03. The molecule has 0 aliphatic rings. The van der Waals surface area contributed by atoms with Crippen molar-refractivity contribution in [3.8, 4) is 11.6 Å². The van der Waals surface area contributed by atoms with Crippen molar-refractivity contribution < 1.29 is 9.32 Å². The fourth-order valence-electron chi connectivity index (χ4n) is 1.39. The van der Waals surface area contributed by atoms with Crippen molar-refractivity contribution >= 4 is 17.5 Å². The van der Waals surface area contributed by atoms with Gasteiger partial charge in [0, 0.05) is 19.2 Å². The molecule has 0 radical (unpaired) electrons. The number of nitrogens with zero attached hydrogens (tertiary/aromatic N) is 3. The number of rotatable bonds is 5. The summed E-state index contributed by atoms with van der Waals surface area (Å²) >= 11 is 5.62. The summed E-state index contributed by atoms with van der Waals surface area (Å²) in [6.45, 7) is 2.03. The fourth-order valence-corrected chi connectivity index (χ4v) is 1.46. The molecule has 0 aromatic carbocycles. The molecule has 2 aromatic heterocycles. The summed E-state index contributed by atoms with van der Waals surface area (Å²) in [4.78, 5) is 19.6. The van der Waals surface area contributed by atoms with Gasteiger partial charge in [-0.2, -0.15) is 4.98 Å². The number of pyridine rings is 1. The molecule has 2 aromatic rings. The van der Waals surface area contributed by atoms with Crippen LogP contribution in [-0.2, 0) is 11.2 Å². The van der Waals surface area contributed by atoms with Crippen LogP contribution in [0.4, 0.5) is 0 Å². The molecule has 0 fully saturated rings. The zero-order valence-corrected chi connectivity index (χ0v) is 11.1. The van der Waals surface area contributed by atoms with Crippen LogP contribution < -0.4 is 5.32 Å². The Balaban J connectivity index is 1.90. The van der Waals surface area contributed by atoms with E-state index >= 15 is 0 Å². The molecule has 0 bridgehead atoms. The molecule has 1 atom stereocenters. The van der Waals surface area contributed by atoms with Crippen LogP contribution in [0.2, 0.25) is 0 Å². The monoisotopic (exact) mass is 280 g/mol. The Morgan fingerprint density at radius 1 is 1.53 bits per heavy atom. The Hall–Kier alpha value is -1.95. The quantitative estimate of drug-likeness (QED) is 0.838. The van der Waals surface area contributed by atoms with Gasteiger partial charge in [0.15, 0.2) is 5.82 Å². The second kappa shape index (κ2) is 6.29. The van der Waals surface area contributed by atoms with Gasteiger partial charge >= 0.3 is 0 Å². The first-order valence-electron chi connectivity index (χ1n) is 5.82. The van der Waals surface area contributed by atoms with Gasteiger partial charge in [-0.15, -0.1) is 11.6 Å². The molecule has 100 valence electrons. The van der Waals surface area contributed by atoms with E-state index in [1.807, 2.05) is 12.1 Å². The highest BCUT2D eigenvalue weighted by Gasteiger charge is 2.11. The van der Waals surface area contributed by atoms with Crippen molar-refractivity contribution in [1.29, 1.82) is 0 Å². The Morgan fingerprint density at radius 3 is 3.05 bits per heavy atom. The zero-order chi connectivity index (χ0) is 13.7. The molecular formula is C12H13ClN4O2. The van der Waals surface area contributed by atoms with E-state index in [2.05, 4.69) is 20.4 Å². The van der Waals surface area contributed by atoms with Gasteiger partial charge in [0.05, 0.1) is 0 Å². The summed E-state index contributed by atoms with van der Waals surface area (Å²) in [6.07, 6.45) is 2.13. The summed E-state index contributed by atoms with van der Waals surface area (Å²) in [5.41, 5.74) is 0.625. The molecule has 1 N–H and O–H groups in total. The van der Waals surface area contributed by atoms with Crippen LogP contribution in [0, 0.1) is 0 Å². The third-order valence-electron chi connectivity index (χ3n) is 2.36. The molecule has 0 spiro atoms. The molecule has 7 heteroatoms. The number of amides is 1. The van der Waals surface area contributed by atoms with Gasteiger partial charge in [0.1, 0.15) is 11.1 Å². The number of carbonyl (C=O) groups excluding carboxylic acids is 1. The van der Waals surface area contributed by atoms with Gasteiger partial charge in [0.2, 0.25) is 5.91 Å². The van der Waals surface area contributed by atoms with Gasteiger partial charge in [-0.25, -0.2) is 0 Å². The van der Waals surface area contributed by atoms with Crippen LogP contribution in [0.5, 0.6) is 0 Å². The highest BCUT2D eigenvalue weighted by molar-refractivity contribution is 6.30. The van der Waals surface area contributed by atoms with E-state index in [0.717, 1.165) is 0 Å². The van der Waals surface area contributed by atoms with E-state index < -0.39 is 5.38 Å². The van der Waals surface area contributed by atoms with Gasteiger partial charge in [-0.3, -0.25) is 9.78 Å². The van der Waals surface area contributed by atoms with E-state index in [1.165, 1.54) is 0 Å². The van der Waals surface area contributed by atoms with Crippen molar-refractivity contribution in [3.05, 3.63) is 30.2 Å². The first-order chi connectivity index (χ1) is 9.16. The number of halogens is 1. The average Bonchev–Trinajstić information content (AvgIpc) is 2.88. The van der Waals surface area contributed by atoms with E-state index in [9.17, 15) is 4.79 Å². The van der Waals surface area contributed by atoms with Gasteiger partial charge in [-0.1, -0.05) is 11.2 Å². The van der Waals surface area contributed by atoms with Gasteiger partial charge in [-0.05, 0) is 19.1 Å². The summed E-state index contributed by atoms with van der Waals surface area (Å²) in [5, 5.41) is 5.95. The number of alkyl halides is 1. The fraction of sp³-hybridized carbons (Fsp3) is 0.333. The molecule has 2 heterocycles. The summed E-state index contributed by atoms with van der Waals surface area (Å²) in [5.74, 6) is 0.672. The third-order valence-corrected chi connectivity index (χ3v) is 2.56. The average molecular weight is 281 g/mol. The van der Waals surface area contributed by atoms with Crippen LogP contribution in [0.3, 0.4) is 0 Å². The Labute approximate surface area is 115 Å². The van der Waals surface area contributed by atoms with E-state index in [4.69, 9.17) is 16.1 Å². The van der Waals surface area contributed by atoms with Gasteiger partial charge in [0.25, 0.3) is 5.89 Å². The number of hydrogen-bond donors (Lipinski definition) is 1. The molecule has 0 saturated heterocycles. The van der Waals surface area contributed by atoms with Crippen LogP contribution in [-0.4, -0.2) is 33.0 Å². The topological polar surface area (TPSA) is 80.9 Å². The second-order valence-corrected chi connectivity index (χ2v) is 4.54. The van der Waals surface area contributed by atoms with Crippen LogP contribution in [0.1, 0.15) is 12.7 Å². The molecule has 0 aliphatic carbocycles. The Kier molecular flexibility index (Phi) is 4.46. The highest BCUT2D eigenvalue weighted by Crippen LogP contribution is 2.13. The summed E-state index contributed by atoms with van der Waals surface area (Å²) in [6, 6.07) is 5.44. The maximum absolute atomic E-state index is 11.2. The first-order valence-corrected chi connectivity index (χ1v) is 6.26. The molecular weight excluding hydrogens is 268 g/mol. The predicted octanol–water partition coefficient (Wildman–Crippen LogP) is 1.42. The smallest absolute Gasteiger partial charge is 0.276 e. The van der Waals surface area contributed by atoms with Crippen molar-refractivity contribution in [1.82, 2.24) is 20.4 Å². The molecule has 1 unspecified atom stereocenters. The minimum Gasteiger partial charge on any atom is -0.354 e. The normalized spacial score (nSPS) is 12.1. The van der Waals surface area contributed by atoms with E-state index in [-0.39, 0.29) is 5.91 Å². The van der Waals surface area contributed by atoms with Crippen LogP contribution >= 0.6 is 11.6 Å². The SMILES string of the molecule is CC(Cl)C(=O)NCCc1noc(-c2ccccn2)n1. The third kappa shape index (κ3) is 3.75. The summed E-state index contributed by atoms with van der Waals surface area (Å²) < 4.78 is 5.09. The second-order valence-electron chi connectivity index (χ2n) is 3.89. The first kappa shape index (κ1) is 13.5. The maximum Gasteiger partial charge on any atom is 0.276 e. The lowest BCUT2D eigenvalue weighted by Crippen LogP contribution is -2.31. The molecule has 19 heavy (non-hydrogen) atoms. The lowest BCUT2D eigenvalue weighted by atomic mass is 10.3. The Bertz CT molecular complexity index is 542. The van der Waals surface area contributed by atoms with E-state index in [1.54, 1.807) is 19.2 Å². The number of aromatic nitrogens is 3. The minimum absolute atomic E-state index is 0.213. The van der Waals surface area contributed by atoms with Crippen molar-refractivity contribution in [2.75, 3.05) is 6.54 Å². The zero-order valence-electron chi connectivity index (χ0n) is 10.3. The molecule has 0 saturated carbocycles. The molecule has 6 nitrogen and oxygen atoms in total. The highest BCUT2D eigenvalue weighted by atomic mass is 35.5. The molecule has 1 amide bonds. The standard InChI is InChI=1S/C12H13ClN4O2/c1-8(13)11(18)15-7-5-10-16-12(19-17-10)9-4-2-3-6-14-9/h2-4,6,8H,5,7H2,1H3,(H,15,18). The molecule has 2 rings (SSSR count). The maximum atomic E-state index is 11.2. The van der Waals surface area contributed by atoms with Crippen molar-refractivity contribution in [3.63, 3.8) is 0 Å².